The van der Waals surface area contributed by atoms with Crippen molar-refractivity contribution < 1.29 is 9.47 Å². The van der Waals surface area contributed by atoms with E-state index < -0.39 is 0 Å². The van der Waals surface area contributed by atoms with Gasteiger partial charge in [0.2, 0.25) is 0 Å². The third-order valence-corrected chi connectivity index (χ3v) is 12.1. The maximum Gasteiger partial charge on any atom is 0.137 e. The van der Waals surface area contributed by atoms with Gasteiger partial charge in [-0.1, -0.05) is 26.8 Å². The first-order chi connectivity index (χ1) is 15.9. The average molecular weight is 450 g/mol. The van der Waals surface area contributed by atoms with Crippen molar-refractivity contribution in [2.24, 2.45) is 51.8 Å². The lowest BCUT2D eigenvalue weighted by molar-refractivity contribution is -0.160. The zero-order valence-electron chi connectivity index (χ0n) is 21.3. The molecule has 5 aliphatic carbocycles. The summed E-state index contributed by atoms with van der Waals surface area (Å²) in [7, 11) is 3.70. The Morgan fingerprint density at radius 1 is 1.06 bits per heavy atom. The Morgan fingerprint density at radius 2 is 1.91 bits per heavy atom. The first-order valence-electron chi connectivity index (χ1n) is 13.6. The molecule has 180 valence electrons. The monoisotopic (exact) mass is 449 g/mol. The lowest BCUT2D eigenvalue weighted by atomic mass is 9.45. The number of allylic oxidation sites excluding steroid dienone is 1. The van der Waals surface area contributed by atoms with Gasteiger partial charge in [0.15, 0.2) is 0 Å². The van der Waals surface area contributed by atoms with Crippen molar-refractivity contribution in [1.29, 1.82) is 0 Å². The van der Waals surface area contributed by atoms with Crippen LogP contribution in [-0.2, 0) is 4.74 Å². The molecule has 10 atom stereocenters. The molecule has 3 nitrogen and oxygen atoms in total. The molecule has 33 heavy (non-hydrogen) atoms. The maximum atomic E-state index is 6.30. The highest BCUT2D eigenvalue weighted by Gasteiger charge is 2.77. The van der Waals surface area contributed by atoms with Gasteiger partial charge in [-0.25, -0.2) is 0 Å². The summed E-state index contributed by atoms with van der Waals surface area (Å²) in [5, 5.41) is 0. The number of pyridine rings is 1. The number of aromatic nitrogens is 1. The normalized spacial score (nSPS) is 48.6. The Morgan fingerprint density at radius 3 is 2.61 bits per heavy atom. The van der Waals surface area contributed by atoms with Crippen LogP contribution in [0.2, 0.25) is 0 Å². The molecule has 1 aromatic heterocycles. The van der Waals surface area contributed by atoms with Crippen molar-refractivity contribution in [3.05, 3.63) is 30.1 Å². The second kappa shape index (κ2) is 7.57. The van der Waals surface area contributed by atoms with Crippen molar-refractivity contribution >= 4 is 6.08 Å². The highest BCUT2D eigenvalue weighted by molar-refractivity contribution is 5.45. The second-order valence-corrected chi connectivity index (χ2v) is 12.8. The zero-order chi connectivity index (χ0) is 23.0. The molecule has 0 N–H and O–H groups in total. The number of nitrogens with zero attached hydrogens (tertiary/aromatic N) is 1. The fourth-order valence-corrected chi connectivity index (χ4v) is 10.5. The molecule has 0 saturated heterocycles. The van der Waals surface area contributed by atoms with Crippen molar-refractivity contribution in [1.82, 2.24) is 4.98 Å². The molecule has 0 radical (unpaired) electrons. The molecule has 5 saturated carbocycles. The molecule has 2 unspecified atom stereocenters. The largest absolute Gasteiger partial charge is 0.495 e. The van der Waals surface area contributed by atoms with Gasteiger partial charge < -0.3 is 9.47 Å². The van der Waals surface area contributed by atoms with Crippen LogP contribution < -0.4 is 4.74 Å². The van der Waals surface area contributed by atoms with Crippen LogP contribution in [0.25, 0.3) is 6.08 Å². The summed E-state index contributed by atoms with van der Waals surface area (Å²) in [6.45, 7) is 7.79. The van der Waals surface area contributed by atoms with Gasteiger partial charge in [-0.15, -0.1) is 0 Å². The number of hydrogen-bond acceptors (Lipinski definition) is 3. The smallest absolute Gasteiger partial charge is 0.137 e. The first-order valence-corrected chi connectivity index (χ1v) is 13.6. The van der Waals surface area contributed by atoms with Crippen LogP contribution in [0.15, 0.2) is 24.4 Å². The number of hydrogen-bond donors (Lipinski definition) is 0. The maximum absolute atomic E-state index is 6.30. The fraction of sp³-hybridized carbons (Fsp3) is 0.767. The van der Waals surface area contributed by atoms with Crippen LogP contribution in [0.1, 0.15) is 77.8 Å². The van der Waals surface area contributed by atoms with Crippen molar-refractivity contribution in [3.8, 4) is 5.75 Å². The van der Waals surface area contributed by atoms with Gasteiger partial charge in [-0.2, -0.15) is 0 Å². The molecule has 0 aromatic carbocycles. The molecule has 0 amide bonds. The summed E-state index contributed by atoms with van der Waals surface area (Å²) in [6, 6.07) is 4.06. The summed E-state index contributed by atoms with van der Waals surface area (Å²) in [5.41, 5.74) is 2.57. The first kappa shape index (κ1) is 22.1. The van der Waals surface area contributed by atoms with E-state index in [1.165, 1.54) is 51.4 Å². The van der Waals surface area contributed by atoms with Gasteiger partial charge in [0.25, 0.3) is 0 Å². The van der Waals surface area contributed by atoms with Crippen LogP contribution >= 0.6 is 0 Å². The SMILES string of the molecule is COc1ccc(/C=C/[C@@H](C)[C@H]2CC[C@H]3[C@@H]4CC(OC)C56C[C@H]5CC[C@]6(C)[C@H]4CC[C@]23C)nc1. The van der Waals surface area contributed by atoms with Crippen LogP contribution in [0, 0.1) is 51.8 Å². The summed E-state index contributed by atoms with van der Waals surface area (Å²) in [5.74, 6) is 5.83. The van der Waals surface area contributed by atoms with Crippen LogP contribution in [0.3, 0.4) is 0 Å². The lowest BCUT2D eigenvalue weighted by Gasteiger charge is -2.61. The Kier molecular flexibility index (Phi) is 5.08. The van der Waals surface area contributed by atoms with Crippen molar-refractivity contribution in [2.75, 3.05) is 14.2 Å². The fourth-order valence-electron chi connectivity index (χ4n) is 10.5. The summed E-state index contributed by atoms with van der Waals surface area (Å²) < 4.78 is 11.6. The number of fused-ring (bicyclic) bond motifs is 4. The molecule has 1 aromatic rings. The van der Waals surface area contributed by atoms with Crippen LogP contribution in [0.4, 0.5) is 0 Å². The lowest BCUT2D eigenvalue weighted by Crippen LogP contribution is -2.57. The third-order valence-electron chi connectivity index (χ3n) is 12.1. The predicted molar refractivity (Wildman–Crippen MR) is 133 cm³/mol. The molecular formula is C30H43NO2. The highest BCUT2D eigenvalue weighted by atomic mass is 16.5. The molecule has 1 heterocycles. The van der Waals surface area contributed by atoms with E-state index in [-0.39, 0.29) is 0 Å². The molecule has 3 heteroatoms. The Balaban J connectivity index is 1.22. The summed E-state index contributed by atoms with van der Waals surface area (Å²) >= 11 is 0. The van der Waals surface area contributed by atoms with E-state index in [1.807, 2.05) is 19.4 Å². The van der Waals surface area contributed by atoms with E-state index in [2.05, 4.69) is 44.0 Å². The minimum atomic E-state index is 0.471. The van der Waals surface area contributed by atoms with Gasteiger partial charge in [0.1, 0.15) is 5.75 Å². The van der Waals surface area contributed by atoms with Crippen LogP contribution in [0.5, 0.6) is 5.75 Å². The van der Waals surface area contributed by atoms with Gasteiger partial charge in [-0.3, -0.25) is 4.98 Å². The molecule has 5 fully saturated rings. The standard InChI is InChI=1S/C30H43NO2/c1-19(6-7-21-8-9-22(32-4)18-31-21)24-10-11-25-23-16-27(33-5)30-17-20(30)12-15-29(30,3)26(23)13-14-28(24,25)2/h6-9,18-20,23-27H,10-17H2,1-5H3/b7-6+/t19-,20-,23+,24-,25+,26+,27?,28-,29-,30?/m1/s1. The summed E-state index contributed by atoms with van der Waals surface area (Å²) in [6.07, 6.45) is 18.4. The molecule has 5 aliphatic rings. The Hall–Kier alpha value is -1.35. The van der Waals surface area contributed by atoms with E-state index in [0.717, 1.165) is 41.0 Å². The highest BCUT2D eigenvalue weighted by Crippen LogP contribution is 2.82. The Bertz CT molecular complexity index is 926. The molecule has 6 rings (SSSR count). The van der Waals surface area contributed by atoms with Crippen molar-refractivity contribution in [3.63, 3.8) is 0 Å². The Labute approximate surface area is 200 Å². The number of ether oxygens (including phenoxy) is 2. The second-order valence-electron chi connectivity index (χ2n) is 12.8. The van der Waals surface area contributed by atoms with E-state index >= 15 is 0 Å². The molecule has 0 bridgehead atoms. The molecular weight excluding hydrogens is 406 g/mol. The number of methoxy groups -OCH3 is 2. The van der Waals surface area contributed by atoms with E-state index in [0.29, 0.717) is 28.3 Å². The minimum absolute atomic E-state index is 0.471. The minimum Gasteiger partial charge on any atom is -0.495 e. The molecule has 1 spiro atoms. The zero-order valence-corrected chi connectivity index (χ0v) is 21.3. The van der Waals surface area contributed by atoms with Gasteiger partial charge in [0, 0.05) is 12.5 Å². The third kappa shape index (κ3) is 2.93. The molecule has 0 aliphatic heterocycles. The van der Waals surface area contributed by atoms with Gasteiger partial charge in [0.05, 0.1) is 25.1 Å². The van der Waals surface area contributed by atoms with Crippen LogP contribution in [-0.4, -0.2) is 25.3 Å². The number of rotatable bonds is 5. The van der Waals surface area contributed by atoms with Crippen molar-refractivity contribution in [2.45, 2.75) is 78.2 Å². The quantitative estimate of drug-likeness (QED) is 0.484. The topological polar surface area (TPSA) is 31.4 Å². The predicted octanol–water partition coefficient (Wildman–Crippen LogP) is 7.02. The van der Waals surface area contributed by atoms with E-state index in [1.54, 1.807) is 7.11 Å². The van der Waals surface area contributed by atoms with E-state index in [4.69, 9.17) is 9.47 Å². The summed E-state index contributed by atoms with van der Waals surface area (Å²) in [4.78, 5) is 4.54. The van der Waals surface area contributed by atoms with E-state index in [9.17, 15) is 0 Å². The van der Waals surface area contributed by atoms with Gasteiger partial charge >= 0.3 is 0 Å². The average Bonchev–Trinajstić information content (AvgIpc) is 3.33. The van der Waals surface area contributed by atoms with Gasteiger partial charge in [-0.05, 0) is 116 Å².